The van der Waals surface area contributed by atoms with E-state index in [4.69, 9.17) is 17.3 Å². The second kappa shape index (κ2) is 4.72. The minimum Gasteiger partial charge on any atom is -0.384 e. The fraction of sp³-hybridized carbons (Fsp3) is 0.231. The van der Waals surface area contributed by atoms with Crippen LogP contribution in [0.15, 0.2) is 24.3 Å². The highest BCUT2D eigenvalue weighted by Gasteiger charge is 2.05. The van der Waals surface area contributed by atoms with E-state index in [9.17, 15) is 0 Å². The van der Waals surface area contributed by atoms with Gasteiger partial charge >= 0.3 is 0 Å². The number of aromatic nitrogens is 2. The molecule has 0 saturated heterocycles. The van der Waals surface area contributed by atoms with Gasteiger partial charge in [0.25, 0.3) is 0 Å². The molecule has 0 aliphatic rings. The number of nitrogen functional groups attached to an aromatic ring is 1. The zero-order valence-electron chi connectivity index (χ0n) is 9.87. The van der Waals surface area contributed by atoms with Gasteiger partial charge in [0.15, 0.2) is 0 Å². The van der Waals surface area contributed by atoms with E-state index in [1.54, 1.807) is 6.07 Å². The van der Waals surface area contributed by atoms with Crippen LogP contribution in [0.5, 0.6) is 0 Å². The number of rotatable bonds is 2. The van der Waals surface area contributed by atoms with Gasteiger partial charge in [-0.15, -0.1) is 0 Å². The first-order chi connectivity index (χ1) is 8.10. The molecule has 1 heterocycles. The van der Waals surface area contributed by atoms with Crippen LogP contribution in [0.3, 0.4) is 0 Å². The second-order valence-corrected chi connectivity index (χ2v) is 4.32. The Kier molecular flexibility index (Phi) is 3.29. The van der Waals surface area contributed by atoms with E-state index in [1.165, 1.54) is 0 Å². The maximum atomic E-state index is 6.10. The molecule has 0 radical (unpaired) electrons. The summed E-state index contributed by atoms with van der Waals surface area (Å²) < 4.78 is 0. The quantitative estimate of drug-likeness (QED) is 0.886. The highest BCUT2D eigenvalue weighted by molar-refractivity contribution is 6.31. The van der Waals surface area contributed by atoms with E-state index in [0.717, 1.165) is 34.1 Å². The van der Waals surface area contributed by atoms with E-state index < -0.39 is 0 Å². The van der Waals surface area contributed by atoms with Crippen LogP contribution in [0, 0.1) is 6.92 Å². The molecule has 0 aliphatic carbocycles. The number of hydrogen-bond acceptors (Lipinski definition) is 3. The first-order valence-corrected chi connectivity index (χ1v) is 5.88. The highest BCUT2D eigenvalue weighted by atomic mass is 35.5. The summed E-state index contributed by atoms with van der Waals surface area (Å²) in [6.07, 6.45) is 0.762. The van der Waals surface area contributed by atoms with Gasteiger partial charge in [-0.2, -0.15) is 0 Å². The minimum absolute atomic E-state index is 0.489. The van der Waals surface area contributed by atoms with Crippen molar-refractivity contribution in [3.05, 3.63) is 40.7 Å². The Morgan fingerprint density at radius 1 is 1.24 bits per heavy atom. The van der Waals surface area contributed by atoms with Crippen molar-refractivity contribution >= 4 is 17.4 Å². The third kappa shape index (κ3) is 2.56. The van der Waals surface area contributed by atoms with Crippen molar-refractivity contribution in [2.45, 2.75) is 20.3 Å². The number of halogens is 1. The van der Waals surface area contributed by atoms with Crippen molar-refractivity contribution in [1.29, 1.82) is 0 Å². The molecule has 0 bridgehead atoms. The summed E-state index contributed by atoms with van der Waals surface area (Å²) in [5.74, 6) is 1.24. The van der Waals surface area contributed by atoms with Gasteiger partial charge in [-0.3, -0.25) is 0 Å². The van der Waals surface area contributed by atoms with Crippen molar-refractivity contribution in [1.82, 2.24) is 9.97 Å². The largest absolute Gasteiger partial charge is 0.384 e. The standard InChI is InChI=1S/C13H14ClN3/c1-3-13-16-11(7-12(15)17-13)9-5-4-8(2)10(14)6-9/h4-7H,3H2,1-2H3,(H2,15,16,17). The zero-order valence-corrected chi connectivity index (χ0v) is 10.6. The van der Waals surface area contributed by atoms with Crippen molar-refractivity contribution in [2.75, 3.05) is 5.73 Å². The fourth-order valence-electron chi connectivity index (χ4n) is 1.58. The van der Waals surface area contributed by atoms with E-state index >= 15 is 0 Å². The Balaban J connectivity index is 2.52. The van der Waals surface area contributed by atoms with E-state index in [-0.39, 0.29) is 0 Å². The SMILES string of the molecule is CCc1nc(N)cc(-c2ccc(C)c(Cl)c2)n1. The molecule has 0 spiro atoms. The Morgan fingerprint density at radius 2 is 2.00 bits per heavy atom. The summed E-state index contributed by atoms with van der Waals surface area (Å²) in [4.78, 5) is 8.59. The second-order valence-electron chi connectivity index (χ2n) is 3.91. The molecule has 0 amide bonds. The molecule has 0 atom stereocenters. The van der Waals surface area contributed by atoms with Gasteiger partial charge < -0.3 is 5.73 Å². The summed E-state index contributed by atoms with van der Waals surface area (Å²) in [5, 5.41) is 0.734. The van der Waals surface area contributed by atoms with Gasteiger partial charge in [0.1, 0.15) is 11.6 Å². The molecule has 17 heavy (non-hydrogen) atoms. The molecular formula is C13H14ClN3. The predicted octanol–water partition coefficient (Wildman–Crippen LogP) is 3.25. The molecule has 2 rings (SSSR count). The van der Waals surface area contributed by atoms with Crippen LogP contribution in [0.25, 0.3) is 11.3 Å². The van der Waals surface area contributed by atoms with Crippen LogP contribution >= 0.6 is 11.6 Å². The summed E-state index contributed by atoms with van der Waals surface area (Å²) in [7, 11) is 0. The smallest absolute Gasteiger partial charge is 0.131 e. The fourth-order valence-corrected chi connectivity index (χ4v) is 1.76. The lowest BCUT2D eigenvalue weighted by molar-refractivity contribution is 0.949. The molecule has 0 fully saturated rings. The number of nitrogens with two attached hydrogens (primary N) is 1. The maximum Gasteiger partial charge on any atom is 0.131 e. The first kappa shape index (κ1) is 11.9. The lowest BCUT2D eigenvalue weighted by Crippen LogP contribution is -2.00. The molecule has 4 heteroatoms. The van der Waals surface area contributed by atoms with Crippen molar-refractivity contribution in [3.8, 4) is 11.3 Å². The Hall–Kier alpha value is -1.61. The Morgan fingerprint density at radius 3 is 2.65 bits per heavy atom. The Bertz CT molecular complexity index is 552. The van der Waals surface area contributed by atoms with Gasteiger partial charge in [0, 0.05) is 23.1 Å². The summed E-state index contributed by atoms with van der Waals surface area (Å²) in [6, 6.07) is 7.63. The van der Waals surface area contributed by atoms with Crippen LogP contribution in [0.4, 0.5) is 5.82 Å². The van der Waals surface area contributed by atoms with Crippen LogP contribution in [0.1, 0.15) is 18.3 Å². The molecule has 0 aliphatic heterocycles. The monoisotopic (exact) mass is 247 g/mol. The molecule has 1 aromatic carbocycles. The van der Waals surface area contributed by atoms with Gasteiger partial charge in [0.2, 0.25) is 0 Å². The zero-order chi connectivity index (χ0) is 12.4. The van der Waals surface area contributed by atoms with Crippen LogP contribution in [0.2, 0.25) is 5.02 Å². The van der Waals surface area contributed by atoms with Crippen LogP contribution in [-0.4, -0.2) is 9.97 Å². The average Bonchev–Trinajstić information content (AvgIpc) is 2.32. The normalized spacial score (nSPS) is 10.5. The van der Waals surface area contributed by atoms with Gasteiger partial charge in [-0.25, -0.2) is 9.97 Å². The van der Waals surface area contributed by atoms with Crippen molar-refractivity contribution in [2.24, 2.45) is 0 Å². The lowest BCUT2D eigenvalue weighted by Gasteiger charge is -2.06. The topological polar surface area (TPSA) is 51.8 Å². The lowest BCUT2D eigenvalue weighted by atomic mass is 10.1. The number of aryl methyl sites for hydroxylation is 2. The third-order valence-corrected chi connectivity index (χ3v) is 2.98. The minimum atomic E-state index is 0.489. The van der Waals surface area contributed by atoms with Crippen LogP contribution < -0.4 is 5.73 Å². The molecule has 3 nitrogen and oxygen atoms in total. The summed E-state index contributed by atoms with van der Waals surface area (Å²) in [6.45, 7) is 3.97. The first-order valence-electron chi connectivity index (χ1n) is 5.50. The Labute approximate surface area is 106 Å². The summed E-state index contributed by atoms with van der Waals surface area (Å²) >= 11 is 6.10. The molecular weight excluding hydrogens is 234 g/mol. The highest BCUT2D eigenvalue weighted by Crippen LogP contribution is 2.24. The van der Waals surface area contributed by atoms with Gasteiger partial charge in [-0.05, 0) is 18.6 Å². The predicted molar refractivity (Wildman–Crippen MR) is 71.0 cm³/mol. The van der Waals surface area contributed by atoms with Gasteiger partial charge in [-0.1, -0.05) is 30.7 Å². The molecule has 2 aromatic rings. The molecule has 2 N–H and O–H groups in total. The number of anilines is 1. The maximum absolute atomic E-state index is 6.10. The number of nitrogens with zero attached hydrogens (tertiary/aromatic N) is 2. The number of benzene rings is 1. The van der Waals surface area contributed by atoms with Crippen LogP contribution in [-0.2, 0) is 6.42 Å². The number of hydrogen-bond donors (Lipinski definition) is 1. The molecule has 0 unspecified atom stereocenters. The van der Waals surface area contributed by atoms with E-state index in [2.05, 4.69) is 9.97 Å². The molecule has 88 valence electrons. The third-order valence-electron chi connectivity index (χ3n) is 2.58. The van der Waals surface area contributed by atoms with E-state index in [1.807, 2.05) is 32.0 Å². The summed E-state index contributed by atoms with van der Waals surface area (Å²) in [5.41, 5.74) is 8.58. The average molecular weight is 248 g/mol. The van der Waals surface area contributed by atoms with Gasteiger partial charge in [0.05, 0.1) is 5.69 Å². The van der Waals surface area contributed by atoms with E-state index in [0.29, 0.717) is 5.82 Å². The van der Waals surface area contributed by atoms with Crippen molar-refractivity contribution in [3.63, 3.8) is 0 Å². The molecule has 1 aromatic heterocycles. The van der Waals surface area contributed by atoms with Crippen molar-refractivity contribution < 1.29 is 0 Å². The molecule has 0 saturated carbocycles.